The van der Waals surface area contributed by atoms with Gasteiger partial charge in [-0.1, -0.05) is 0 Å². The van der Waals surface area contributed by atoms with Gasteiger partial charge in [0.2, 0.25) is 5.24 Å². The fraction of sp³-hybridized carbons (Fsp3) is 0.200. The number of ether oxygens (including phenoxy) is 1. The van der Waals surface area contributed by atoms with Crippen LogP contribution in [0.2, 0.25) is 0 Å². The molecule has 0 fully saturated rings. The molecule has 50 valence electrons. The van der Waals surface area contributed by atoms with Crippen LogP contribution in [0.5, 0.6) is 0 Å². The highest BCUT2D eigenvalue weighted by Crippen LogP contribution is 1.83. The van der Waals surface area contributed by atoms with Crippen molar-refractivity contribution in [1.29, 1.82) is 0 Å². The predicted molar refractivity (Wildman–Crippen MR) is 32.0 cm³/mol. The van der Waals surface area contributed by atoms with Crippen molar-refractivity contribution in [2.75, 3.05) is 7.11 Å². The molecule has 0 saturated carbocycles. The third kappa shape index (κ3) is 5.03. The lowest BCUT2D eigenvalue weighted by atomic mass is 10.5. The van der Waals surface area contributed by atoms with Gasteiger partial charge in [-0.2, -0.15) is 0 Å². The van der Waals surface area contributed by atoms with Crippen LogP contribution in [0.3, 0.4) is 0 Å². The van der Waals surface area contributed by atoms with Crippen LogP contribution in [-0.2, 0) is 14.3 Å². The van der Waals surface area contributed by atoms with Crippen LogP contribution in [0.1, 0.15) is 0 Å². The molecular weight excluding hydrogens is 144 g/mol. The van der Waals surface area contributed by atoms with Crippen molar-refractivity contribution in [3.05, 3.63) is 12.2 Å². The summed E-state index contributed by atoms with van der Waals surface area (Å²) in [5.74, 6) is -0.594. The fourth-order valence-electron chi connectivity index (χ4n) is 0.202. The molecule has 0 atom stereocenters. The van der Waals surface area contributed by atoms with Crippen molar-refractivity contribution in [1.82, 2.24) is 0 Å². The van der Waals surface area contributed by atoms with Gasteiger partial charge in [0.1, 0.15) is 0 Å². The van der Waals surface area contributed by atoms with E-state index in [4.69, 9.17) is 11.6 Å². The van der Waals surface area contributed by atoms with E-state index >= 15 is 0 Å². The van der Waals surface area contributed by atoms with E-state index < -0.39 is 11.2 Å². The predicted octanol–water partition coefficient (Wildman–Crippen LogP) is 0.481. The van der Waals surface area contributed by atoms with Gasteiger partial charge in [0, 0.05) is 12.2 Å². The third-order valence-electron chi connectivity index (χ3n) is 0.552. The van der Waals surface area contributed by atoms with Crippen LogP contribution in [0.4, 0.5) is 0 Å². The molecule has 0 aliphatic heterocycles. The topological polar surface area (TPSA) is 43.4 Å². The molecule has 0 N–H and O–H groups in total. The van der Waals surface area contributed by atoms with Crippen molar-refractivity contribution in [3.63, 3.8) is 0 Å². The zero-order valence-corrected chi connectivity index (χ0v) is 5.51. The molecular formula is C5H5ClO3. The summed E-state index contributed by atoms with van der Waals surface area (Å²) in [7, 11) is 1.21. The second-order valence-electron chi connectivity index (χ2n) is 1.16. The van der Waals surface area contributed by atoms with Gasteiger partial charge in [0.25, 0.3) is 0 Å². The highest BCUT2D eigenvalue weighted by atomic mass is 35.5. The molecule has 3 nitrogen and oxygen atoms in total. The van der Waals surface area contributed by atoms with Crippen LogP contribution in [0, 0.1) is 0 Å². The number of methoxy groups -OCH3 is 1. The van der Waals surface area contributed by atoms with E-state index in [1.165, 1.54) is 7.11 Å². The Morgan fingerprint density at radius 2 is 2.00 bits per heavy atom. The third-order valence-corrected chi connectivity index (χ3v) is 0.678. The Labute approximate surface area is 57.2 Å². The number of hydrogen-bond donors (Lipinski definition) is 0. The molecule has 0 spiro atoms. The molecule has 0 aromatic rings. The maximum absolute atomic E-state index is 10.2. The Kier molecular flexibility index (Phi) is 3.71. The van der Waals surface area contributed by atoms with Crippen LogP contribution >= 0.6 is 11.6 Å². The summed E-state index contributed by atoms with van der Waals surface area (Å²) in [5, 5.41) is -0.694. The maximum Gasteiger partial charge on any atom is 0.330 e. The minimum atomic E-state index is -0.694. The first-order valence-electron chi connectivity index (χ1n) is 2.12. The molecule has 0 radical (unpaired) electrons. The van der Waals surface area contributed by atoms with Crippen molar-refractivity contribution < 1.29 is 14.3 Å². The lowest BCUT2D eigenvalue weighted by Gasteiger charge is -1.85. The molecule has 9 heavy (non-hydrogen) atoms. The van der Waals surface area contributed by atoms with E-state index in [-0.39, 0.29) is 0 Å². The number of carbonyl (C=O) groups is 2. The van der Waals surface area contributed by atoms with Gasteiger partial charge in [-0.25, -0.2) is 4.79 Å². The summed E-state index contributed by atoms with van der Waals surface area (Å²) >= 11 is 4.85. The van der Waals surface area contributed by atoms with Gasteiger partial charge in [0.15, 0.2) is 0 Å². The fourth-order valence-corrected chi connectivity index (χ4v) is 0.265. The molecule has 0 aliphatic carbocycles. The van der Waals surface area contributed by atoms with Crippen LogP contribution < -0.4 is 0 Å². The Morgan fingerprint density at radius 3 is 2.33 bits per heavy atom. The maximum atomic E-state index is 10.2. The summed E-state index contributed by atoms with van der Waals surface area (Å²) in [4.78, 5) is 20.1. The lowest BCUT2D eigenvalue weighted by Crippen LogP contribution is -1.94. The summed E-state index contributed by atoms with van der Waals surface area (Å²) in [6.07, 6.45) is 1.88. The first kappa shape index (κ1) is 8.17. The van der Waals surface area contributed by atoms with E-state index in [1.807, 2.05) is 0 Å². The molecule has 0 unspecified atom stereocenters. The minimum absolute atomic E-state index is 0.594. The minimum Gasteiger partial charge on any atom is -0.466 e. The van der Waals surface area contributed by atoms with E-state index in [0.717, 1.165) is 12.2 Å². The van der Waals surface area contributed by atoms with Crippen LogP contribution in [0.25, 0.3) is 0 Å². The van der Waals surface area contributed by atoms with Gasteiger partial charge in [-0.3, -0.25) is 4.79 Å². The van der Waals surface area contributed by atoms with E-state index in [1.54, 1.807) is 0 Å². The van der Waals surface area contributed by atoms with E-state index in [0.29, 0.717) is 0 Å². The number of hydrogen-bond acceptors (Lipinski definition) is 3. The zero-order chi connectivity index (χ0) is 7.28. The quantitative estimate of drug-likeness (QED) is 0.325. The average Bonchev–Trinajstić information content (AvgIpc) is 1.83. The highest BCUT2D eigenvalue weighted by molar-refractivity contribution is 6.66. The number of esters is 1. The molecule has 0 heterocycles. The summed E-state index contributed by atoms with van der Waals surface area (Å²) < 4.78 is 4.16. The number of carbonyl (C=O) groups excluding carboxylic acids is 2. The molecule has 0 bridgehead atoms. The van der Waals surface area contributed by atoms with Crippen LogP contribution in [-0.4, -0.2) is 18.3 Å². The van der Waals surface area contributed by atoms with Gasteiger partial charge in [-0.05, 0) is 11.6 Å². The number of allylic oxidation sites excluding steroid dienone is 1. The normalized spacial score (nSPS) is 9.56. The zero-order valence-electron chi connectivity index (χ0n) is 4.76. The van der Waals surface area contributed by atoms with Gasteiger partial charge in [0.05, 0.1) is 7.11 Å². The molecule has 0 aromatic heterocycles. The van der Waals surface area contributed by atoms with Crippen molar-refractivity contribution >= 4 is 22.8 Å². The molecule has 0 amide bonds. The SMILES string of the molecule is COC(=O)/C=C/C(=O)Cl. The average molecular weight is 149 g/mol. The Hall–Kier alpha value is -0.830. The second-order valence-corrected chi connectivity index (χ2v) is 1.53. The number of halogens is 1. The molecule has 4 heteroatoms. The molecule has 0 aromatic carbocycles. The Morgan fingerprint density at radius 1 is 1.44 bits per heavy atom. The van der Waals surface area contributed by atoms with E-state index in [2.05, 4.69) is 4.74 Å². The van der Waals surface area contributed by atoms with Gasteiger partial charge < -0.3 is 4.74 Å². The van der Waals surface area contributed by atoms with Crippen molar-refractivity contribution in [2.24, 2.45) is 0 Å². The molecule has 0 rings (SSSR count). The summed E-state index contributed by atoms with van der Waals surface area (Å²) in [5.41, 5.74) is 0. The number of rotatable bonds is 2. The summed E-state index contributed by atoms with van der Waals surface area (Å²) in [6, 6.07) is 0. The Balaban J connectivity index is 3.71. The molecule has 0 aliphatic rings. The van der Waals surface area contributed by atoms with Crippen LogP contribution in [0.15, 0.2) is 12.2 Å². The van der Waals surface area contributed by atoms with Gasteiger partial charge in [-0.15, -0.1) is 0 Å². The summed E-state index contributed by atoms with van der Waals surface area (Å²) in [6.45, 7) is 0. The van der Waals surface area contributed by atoms with Gasteiger partial charge >= 0.3 is 5.97 Å². The second kappa shape index (κ2) is 4.09. The first-order chi connectivity index (χ1) is 4.16. The highest BCUT2D eigenvalue weighted by Gasteiger charge is 1.91. The smallest absolute Gasteiger partial charge is 0.330 e. The van der Waals surface area contributed by atoms with Crippen molar-refractivity contribution in [3.8, 4) is 0 Å². The largest absolute Gasteiger partial charge is 0.466 e. The van der Waals surface area contributed by atoms with Crippen molar-refractivity contribution in [2.45, 2.75) is 0 Å². The first-order valence-corrected chi connectivity index (χ1v) is 2.50. The standard InChI is InChI=1S/C5H5ClO3/c1-9-5(8)3-2-4(6)7/h2-3H,1H3/b3-2+. The lowest BCUT2D eigenvalue weighted by molar-refractivity contribution is -0.135. The van der Waals surface area contributed by atoms with E-state index in [9.17, 15) is 9.59 Å². The Bertz CT molecular complexity index is 150. The monoisotopic (exact) mass is 148 g/mol. The molecule has 0 saturated heterocycles.